The molecule has 0 saturated heterocycles. The molecule has 0 radical (unpaired) electrons. The first-order valence-electron chi connectivity index (χ1n) is 8.54. The Labute approximate surface area is 172 Å². The highest BCUT2D eigenvalue weighted by molar-refractivity contribution is 6.30. The first-order chi connectivity index (χ1) is 14.0. The molecule has 0 spiro atoms. The molecule has 3 aromatic rings. The largest absolute Gasteiger partial charge is 0.493 e. The van der Waals surface area contributed by atoms with E-state index >= 15 is 0 Å². The maximum absolute atomic E-state index is 14.7. The number of halogens is 2. The summed E-state index contributed by atoms with van der Waals surface area (Å²) in [4.78, 5) is 16.3. The Morgan fingerprint density at radius 2 is 1.83 bits per heavy atom. The average molecular weight is 417 g/mol. The lowest BCUT2D eigenvalue weighted by Gasteiger charge is -2.16. The fourth-order valence-corrected chi connectivity index (χ4v) is 2.92. The van der Waals surface area contributed by atoms with Crippen molar-refractivity contribution >= 4 is 17.5 Å². The van der Waals surface area contributed by atoms with Crippen molar-refractivity contribution in [2.75, 3.05) is 21.3 Å². The lowest BCUT2D eigenvalue weighted by Crippen LogP contribution is -2.19. The maximum atomic E-state index is 14.7. The van der Waals surface area contributed by atoms with Crippen molar-refractivity contribution in [2.45, 2.75) is 0 Å². The highest BCUT2D eigenvalue weighted by Crippen LogP contribution is 2.41. The number of carbonyl (C=O) groups is 1. The quantitative estimate of drug-likeness (QED) is 0.630. The normalized spacial score (nSPS) is 10.4. The highest BCUT2D eigenvalue weighted by atomic mass is 35.5. The van der Waals surface area contributed by atoms with Crippen molar-refractivity contribution in [2.24, 2.45) is 0 Å². The number of nitrogens with one attached hydrogen (secondary N) is 1. The van der Waals surface area contributed by atoms with Crippen LogP contribution in [-0.2, 0) is 0 Å². The van der Waals surface area contributed by atoms with Crippen molar-refractivity contribution in [3.05, 3.63) is 65.1 Å². The van der Waals surface area contributed by atoms with Gasteiger partial charge < -0.3 is 19.5 Å². The van der Waals surface area contributed by atoms with Gasteiger partial charge in [0, 0.05) is 41.5 Å². The molecule has 3 rings (SSSR count). The van der Waals surface area contributed by atoms with Gasteiger partial charge in [-0.1, -0.05) is 11.6 Å². The molecule has 2 aromatic carbocycles. The molecule has 1 aromatic heterocycles. The van der Waals surface area contributed by atoms with Crippen LogP contribution < -0.4 is 19.5 Å². The van der Waals surface area contributed by atoms with E-state index in [0.29, 0.717) is 33.5 Å². The number of carbonyl (C=O) groups excluding carboxylic acids is 1. The van der Waals surface area contributed by atoms with Gasteiger partial charge in [-0.25, -0.2) is 9.37 Å². The number of ether oxygens (including phenoxy) is 3. The minimum Gasteiger partial charge on any atom is -0.493 e. The van der Waals surface area contributed by atoms with E-state index in [9.17, 15) is 9.18 Å². The van der Waals surface area contributed by atoms with Crippen LogP contribution in [0.1, 0.15) is 10.4 Å². The van der Waals surface area contributed by atoms with Crippen LogP contribution in [0, 0.1) is 5.82 Å². The Bertz CT molecular complexity index is 1060. The molecular weight excluding hydrogens is 399 g/mol. The third-order valence-electron chi connectivity index (χ3n) is 4.14. The van der Waals surface area contributed by atoms with E-state index in [2.05, 4.69) is 10.3 Å². The van der Waals surface area contributed by atoms with E-state index in [1.165, 1.54) is 27.3 Å². The van der Waals surface area contributed by atoms with Gasteiger partial charge >= 0.3 is 0 Å². The van der Waals surface area contributed by atoms with Crippen molar-refractivity contribution in [3.8, 4) is 34.3 Å². The number of benzene rings is 2. The predicted molar refractivity (Wildman–Crippen MR) is 108 cm³/mol. The van der Waals surface area contributed by atoms with Gasteiger partial charge in [0.1, 0.15) is 11.6 Å². The van der Waals surface area contributed by atoms with Crippen molar-refractivity contribution in [1.29, 1.82) is 0 Å². The molecule has 150 valence electrons. The van der Waals surface area contributed by atoms with Gasteiger partial charge in [-0.2, -0.15) is 0 Å². The summed E-state index contributed by atoms with van der Waals surface area (Å²) in [6.07, 6.45) is 1.56. The average Bonchev–Trinajstić information content (AvgIpc) is 2.74. The van der Waals surface area contributed by atoms with Crippen LogP contribution in [0.25, 0.3) is 11.1 Å². The van der Waals surface area contributed by atoms with Crippen LogP contribution in [-0.4, -0.2) is 32.2 Å². The Morgan fingerprint density at radius 3 is 2.52 bits per heavy atom. The molecule has 1 N–H and O–H groups in total. The molecular formula is C21H18ClFN2O4. The molecule has 0 aliphatic heterocycles. The van der Waals surface area contributed by atoms with Gasteiger partial charge in [0.2, 0.25) is 5.88 Å². The first kappa shape index (κ1) is 20.4. The molecule has 0 atom stereocenters. The second kappa shape index (κ2) is 8.79. The van der Waals surface area contributed by atoms with Crippen LogP contribution in [0.15, 0.2) is 48.7 Å². The molecule has 1 amide bonds. The smallest absolute Gasteiger partial charge is 0.254 e. The van der Waals surface area contributed by atoms with Gasteiger partial charge in [0.05, 0.1) is 19.8 Å². The zero-order chi connectivity index (χ0) is 21.0. The van der Waals surface area contributed by atoms with Crippen molar-refractivity contribution in [1.82, 2.24) is 10.3 Å². The minimum absolute atomic E-state index is 0.135. The Kier molecular flexibility index (Phi) is 6.19. The topological polar surface area (TPSA) is 69.7 Å². The van der Waals surface area contributed by atoms with Crippen LogP contribution in [0.4, 0.5) is 4.39 Å². The number of rotatable bonds is 6. The fraction of sp³-hybridized carbons (Fsp3) is 0.143. The zero-order valence-corrected chi connectivity index (χ0v) is 16.7. The SMILES string of the molecule is CNC(=O)c1cc(-c2cccnc2OC)c(Oc2ccc(Cl)cc2OC)cc1F. The summed E-state index contributed by atoms with van der Waals surface area (Å²) < 4.78 is 31.2. The van der Waals surface area contributed by atoms with Gasteiger partial charge in [-0.05, 0) is 30.3 Å². The summed E-state index contributed by atoms with van der Waals surface area (Å²) in [7, 11) is 4.37. The standard InChI is InChI=1S/C21H18ClFN2O4/c1-24-20(26)15-10-14(13-5-4-8-25-21(13)28-3)18(11-16(15)23)29-17-7-6-12(22)9-19(17)27-2/h4-11H,1-3H3,(H,24,26). The molecule has 0 fully saturated rings. The summed E-state index contributed by atoms with van der Waals surface area (Å²) in [5.41, 5.74) is 0.818. The predicted octanol–water partition coefficient (Wildman–Crippen LogP) is 4.71. The van der Waals surface area contributed by atoms with Gasteiger partial charge in [0.25, 0.3) is 5.91 Å². The molecule has 0 unspecified atom stereocenters. The lowest BCUT2D eigenvalue weighted by molar-refractivity contribution is 0.0959. The van der Waals surface area contributed by atoms with Gasteiger partial charge in [0.15, 0.2) is 11.5 Å². The van der Waals surface area contributed by atoms with E-state index in [0.717, 1.165) is 6.07 Å². The van der Waals surface area contributed by atoms with Crippen molar-refractivity contribution in [3.63, 3.8) is 0 Å². The van der Waals surface area contributed by atoms with E-state index in [-0.39, 0.29) is 11.3 Å². The molecule has 1 heterocycles. The van der Waals surface area contributed by atoms with Crippen LogP contribution in [0.5, 0.6) is 23.1 Å². The number of pyridine rings is 1. The fourth-order valence-electron chi connectivity index (χ4n) is 2.76. The molecule has 0 bridgehead atoms. The van der Waals surface area contributed by atoms with Crippen molar-refractivity contribution < 1.29 is 23.4 Å². The minimum atomic E-state index is -0.737. The summed E-state index contributed by atoms with van der Waals surface area (Å²) in [6, 6.07) is 10.8. The second-order valence-corrected chi connectivity index (χ2v) is 6.30. The van der Waals surface area contributed by atoms with Crippen LogP contribution in [0.3, 0.4) is 0 Å². The summed E-state index contributed by atoms with van der Waals surface area (Å²) in [5, 5.41) is 2.88. The molecule has 0 aliphatic rings. The molecule has 29 heavy (non-hydrogen) atoms. The number of amides is 1. The molecule has 8 heteroatoms. The first-order valence-corrected chi connectivity index (χ1v) is 8.92. The second-order valence-electron chi connectivity index (χ2n) is 5.86. The van der Waals surface area contributed by atoms with Crippen LogP contribution >= 0.6 is 11.6 Å². The number of methoxy groups -OCH3 is 2. The number of hydrogen-bond donors (Lipinski definition) is 1. The lowest BCUT2D eigenvalue weighted by atomic mass is 10.0. The summed E-state index contributed by atoms with van der Waals surface area (Å²) >= 11 is 6.00. The Morgan fingerprint density at radius 1 is 1.03 bits per heavy atom. The maximum Gasteiger partial charge on any atom is 0.254 e. The van der Waals surface area contributed by atoms with Gasteiger partial charge in [-0.3, -0.25) is 4.79 Å². The van der Waals surface area contributed by atoms with E-state index in [1.807, 2.05) is 0 Å². The molecule has 6 nitrogen and oxygen atoms in total. The highest BCUT2D eigenvalue weighted by Gasteiger charge is 2.21. The Balaban J connectivity index is 2.20. The molecule has 0 aliphatic carbocycles. The van der Waals surface area contributed by atoms with E-state index in [4.69, 9.17) is 25.8 Å². The van der Waals surface area contributed by atoms with E-state index < -0.39 is 11.7 Å². The van der Waals surface area contributed by atoms with Crippen LogP contribution in [0.2, 0.25) is 5.02 Å². The summed E-state index contributed by atoms with van der Waals surface area (Å²) in [5.74, 6) is -0.149. The third-order valence-corrected chi connectivity index (χ3v) is 4.38. The van der Waals surface area contributed by atoms with E-state index in [1.54, 1.807) is 36.5 Å². The number of aromatic nitrogens is 1. The monoisotopic (exact) mass is 416 g/mol. The summed E-state index contributed by atoms with van der Waals surface area (Å²) in [6.45, 7) is 0. The number of nitrogens with zero attached hydrogens (tertiary/aromatic N) is 1. The number of hydrogen-bond acceptors (Lipinski definition) is 5. The molecule has 0 saturated carbocycles. The zero-order valence-electron chi connectivity index (χ0n) is 16.0. The third kappa shape index (κ3) is 4.25. The van der Waals surface area contributed by atoms with Gasteiger partial charge in [-0.15, -0.1) is 0 Å². The Hall–Kier alpha value is -3.32.